The number of rotatable bonds is 6. The van der Waals surface area contributed by atoms with Gasteiger partial charge in [0.2, 0.25) is 5.91 Å². The van der Waals surface area contributed by atoms with Crippen molar-refractivity contribution in [3.63, 3.8) is 0 Å². The summed E-state index contributed by atoms with van der Waals surface area (Å²) in [5, 5.41) is 6.71. The van der Waals surface area contributed by atoms with E-state index in [9.17, 15) is 9.18 Å². The summed E-state index contributed by atoms with van der Waals surface area (Å²) in [4.78, 5) is 19.1. The molecule has 2 atom stereocenters. The van der Waals surface area contributed by atoms with E-state index >= 15 is 0 Å². The molecule has 2 aliphatic rings. The quantitative estimate of drug-likeness (QED) is 0.335. The Hall–Kier alpha value is -1.42. The first-order valence-electron chi connectivity index (χ1n) is 10.6. The van der Waals surface area contributed by atoms with Crippen LogP contribution in [0.5, 0.6) is 0 Å². The number of ether oxygens (including phenoxy) is 1. The lowest BCUT2D eigenvalue weighted by Gasteiger charge is -2.26. The van der Waals surface area contributed by atoms with Crippen molar-refractivity contribution < 1.29 is 13.9 Å². The zero-order chi connectivity index (χ0) is 20.6. The number of benzene rings is 1. The molecule has 168 valence electrons. The third-order valence-corrected chi connectivity index (χ3v) is 6.00. The maximum Gasteiger partial charge on any atom is 0.225 e. The number of amides is 1. The number of methoxy groups -OCH3 is 1. The fraction of sp³-hybridized carbons (Fsp3) is 0.636. The number of nitrogens with zero attached hydrogens (tertiary/aromatic N) is 2. The van der Waals surface area contributed by atoms with Gasteiger partial charge >= 0.3 is 0 Å². The van der Waals surface area contributed by atoms with Crippen LogP contribution in [0.25, 0.3) is 0 Å². The molecule has 2 fully saturated rings. The van der Waals surface area contributed by atoms with Gasteiger partial charge in [0.1, 0.15) is 5.82 Å². The van der Waals surface area contributed by atoms with E-state index in [1.165, 1.54) is 31.4 Å². The molecule has 30 heavy (non-hydrogen) atoms. The van der Waals surface area contributed by atoms with Gasteiger partial charge in [0.25, 0.3) is 0 Å². The molecule has 0 spiro atoms. The molecular weight excluding hydrogens is 498 g/mol. The summed E-state index contributed by atoms with van der Waals surface area (Å²) >= 11 is 0. The largest absolute Gasteiger partial charge is 0.375 e. The van der Waals surface area contributed by atoms with Crippen molar-refractivity contribution in [3.8, 4) is 0 Å². The molecule has 1 aliphatic heterocycles. The third-order valence-electron chi connectivity index (χ3n) is 6.00. The molecule has 8 heteroatoms. The van der Waals surface area contributed by atoms with E-state index in [4.69, 9.17) is 4.74 Å². The molecule has 6 nitrogen and oxygen atoms in total. The van der Waals surface area contributed by atoms with Crippen molar-refractivity contribution in [3.05, 3.63) is 35.6 Å². The van der Waals surface area contributed by atoms with Gasteiger partial charge in [-0.2, -0.15) is 0 Å². The Labute approximate surface area is 196 Å². The fourth-order valence-corrected chi connectivity index (χ4v) is 4.28. The van der Waals surface area contributed by atoms with Crippen LogP contribution in [0.1, 0.15) is 50.2 Å². The minimum Gasteiger partial charge on any atom is -0.375 e. The van der Waals surface area contributed by atoms with Crippen LogP contribution < -0.4 is 10.6 Å². The molecule has 2 N–H and O–H groups in total. The molecule has 1 aromatic carbocycles. The summed E-state index contributed by atoms with van der Waals surface area (Å²) in [6.45, 7) is 2.04. The van der Waals surface area contributed by atoms with Gasteiger partial charge in [-0.3, -0.25) is 9.79 Å². The van der Waals surface area contributed by atoms with Gasteiger partial charge in [-0.15, -0.1) is 24.0 Å². The average Bonchev–Trinajstić information content (AvgIpc) is 3.23. The first kappa shape index (κ1) is 24.8. The zero-order valence-corrected chi connectivity index (χ0v) is 20.2. The molecule has 0 bridgehead atoms. The molecule has 1 saturated carbocycles. The molecule has 2 unspecified atom stereocenters. The summed E-state index contributed by atoms with van der Waals surface area (Å²) < 4.78 is 18.7. The molecular formula is C22H34FIN4O2. The Bertz CT molecular complexity index is 695. The van der Waals surface area contributed by atoms with Gasteiger partial charge in [-0.25, -0.2) is 4.39 Å². The second-order valence-corrected chi connectivity index (χ2v) is 7.98. The van der Waals surface area contributed by atoms with Gasteiger partial charge < -0.3 is 20.3 Å². The van der Waals surface area contributed by atoms with Crippen molar-refractivity contribution in [2.75, 3.05) is 33.8 Å². The monoisotopic (exact) mass is 532 g/mol. The Morgan fingerprint density at radius 2 is 1.93 bits per heavy atom. The predicted octanol–water partition coefficient (Wildman–Crippen LogP) is 3.48. The number of aliphatic imine (C=N–C) groups is 1. The highest BCUT2D eigenvalue weighted by atomic mass is 127. The molecule has 1 saturated heterocycles. The number of carbonyl (C=O) groups excluding carboxylic acids is 1. The van der Waals surface area contributed by atoms with Gasteiger partial charge in [0.15, 0.2) is 5.96 Å². The lowest BCUT2D eigenvalue weighted by molar-refractivity contribution is -0.135. The number of hydrogen-bond donors (Lipinski definition) is 2. The number of likely N-dealkylation sites (tertiary alicyclic amines) is 1. The van der Waals surface area contributed by atoms with Crippen molar-refractivity contribution >= 4 is 35.8 Å². The SMILES string of the molecule is CN=C(NCC(OC)c1ccc(F)cc1)NC1CCN(C(=O)C2CCCCC2)C1.I. The van der Waals surface area contributed by atoms with Crippen LogP contribution in [0.2, 0.25) is 0 Å². The normalized spacial score (nSPS) is 21.1. The minimum atomic E-state index is -0.261. The van der Waals surface area contributed by atoms with Crippen molar-refractivity contribution in [1.82, 2.24) is 15.5 Å². The Balaban J connectivity index is 0.00000320. The summed E-state index contributed by atoms with van der Waals surface area (Å²) in [7, 11) is 3.37. The highest BCUT2D eigenvalue weighted by Gasteiger charge is 2.31. The maximum absolute atomic E-state index is 13.1. The minimum absolute atomic E-state index is 0. The molecule has 1 aliphatic carbocycles. The van der Waals surface area contributed by atoms with Crippen molar-refractivity contribution in [2.45, 2.75) is 50.7 Å². The van der Waals surface area contributed by atoms with Crippen LogP contribution in [0.3, 0.4) is 0 Å². The molecule has 1 heterocycles. The molecule has 0 radical (unpaired) electrons. The van der Waals surface area contributed by atoms with E-state index < -0.39 is 0 Å². The van der Waals surface area contributed by atoms with Crippen LogP contribution in [0, 0.1) is 11.7 Å². The Morgan fingerprint density at radius 1 is 1.23 bits per heavy atom. The van der Waals surface area contributed by atoms with Crippen LogP contribution in [0.4, 0.5) is 4.39 Å². The lowest BCUT2D eigenvalue weighted by Crippen LogP contribution is -2.46. The van der Waals surface area contributed by atoms with E-state index in [0.29, 0.717) is 18.4 Å². The lowest BCUT2D eigenvalue weighted by atomic mass is 9.88. The summed E-state index contributed by atoms with van der Waals surface area (Å²) in [5.74, 6) is 0.972. The predicted molar refractivity (Wildman–Crippen MR) is 128 cm³/mol. The highest BCUT2D eigenvalue weighted by Crippen LogP contribution is 2.26. The number of hydrogen-bond acceptors (Lipinski definition) is 3. The first-order valence-corrected chi connectivity index (χ1v) is 10.6. The van der Waals surface area contributed by atoms with E-state index in [2.05, 4.69) is 15.6 Å². The number of carbonyl (C=O) groups is 1. The van der Waals surface area contributed by atoms with Gasteiger partial charge in [0.05, 0.1) is 6.10 Å². The van der Waals surface area contributed by atoms with Gasteiger partial charge in [0, 0.05) is 45.8 Å². The molecule has 3 rings (SSSR count). The van der Waals surface area contributed by atoms with Gasteiger partial charge in [-0.05, 0) is 37.0 Å². The fourth-order valence-electron chi connectivity index (χ4n) is 4.28. The zero-order valence-electron chi connectivity index (χ0n) is 17.9. The second-order valence-electron chi connectivity index (χ2n) is 7.98. The topological polar surface area (TPSA) is 66.0 Å². The third kappa shape index (κ3) is 6.80. The summed E-state index contributed by atoms with van der Waals surface area (Å²) in [6.07, 6.45) is 6.41. The van der Waals surface area contributed by atoms with Crippen LogP contribution in [-0.4, -0.2) is 56.6 Å². The maximum atomic E-state index is 13.1. The average molecular weight is 532 g/mol. The van der Waals surface area contributed by atoms with Crippen LogP contribution in [-0.2, 0) is 9.53 Å². The number of guanidine groups is 1. The second kappa shape index (κ2) is 12.4. The molecule has 0 aromatic heterocycles. The van der Waals surface area contributed by atoms with E-state index in [0.717, 1.165) is 37.9 Å². The standard InChI is InChI=1S/C22H33FN4O2.HI/c1-24-22(25-14-20(29-2)16-8-10-18(23)11-9-16)26-19-12-13-27(15-19)21(28)17-6-4-3-5-7-17;/h8-11,17,19-20H,3-7,12-15H2,1-2H3,(H2,24,25,26);1H. The molecule has 1 aromatic rings. The Morgan fingerprint density at radius 3 is 2.57 bits per heavy atom. The van der Waals surface area contributed by atoms with E-state index in [1.807, 2.05) is 4.90 Å². The Kier molecular flexibility index (Phi) is 10.3. The molecule has 1 amide bonds. The van der Waals surface area contributed by atoms with Crippen LogP contribution >= 0.6 is 24.0 Å². The van der Waals surface area contributed by atoms with Gasteiger partial charge in [-0.1, -0.05) is 31.4 Å². The number of nitrogens with one attached hydrogen (secondary N) is 2. The first-order chi connectivity index (χ1) is 14.1. The smallest absolute Gasteiger partial charge is 0.225 e. The van der Waals surface area contributed by atoms with E-state index in [1.54, 1.807) is 26.3 Å². The van der Waals surface area contributed by atoms with Crippen LogP contribution in [0.15, 0.2) is 29.3 Å². The summed E-state index contributed by atoms with van der Waals surface area (Å²) in [6, 6.07) is 6.52. The summed E-state index contributed by atoms with van der Waals surface area (Å²) in [5.41, 5.74) is 0.905. The highest BCUT2D eigenvalue weighted by molar-refractivity contribution is 14.0. The number of halogens is 2. The van der Waals surface area contributed by atoms with Crippen molar-refractivity contribution in [1.29, 1.82) is 0 Å². The van der Waals surface area contributed by atoms with Crippen molar-refractivity contribution in [2.24, 2.45) is 10.9 Å². The van der Waals surface area contributed by atoms with E-state index in [-0.39, 0.29) is 47.9 Å².